The number of aryl methyl sites for hydroxylation is 1. The molecule has 2 aromatic carbocycles. The highest BCUT2D eigenvalue weighted by atomic mass is 35.5. The Labute approximate surface area is 174 Å². The van der Waals surface area contributed by atoms with Crippen molar-refractivity contribution >= 4 is 34.3 Å². The van der Waals surface area contributed by atoms with E-state index in [4.69, 9.17) is 11.6 Å². The summed E-state index contributed by atoms with van der Waals surface area (Å²) < 4.78 is 1.73. The van der Waals surface area contributed by atoms with Crippen molar-refractivity contribution in [1.82, 2.24) is 20.0 Å². The third kappa shape index (κ3) is 4.59. The molecular formula is C22H23ClN4O2. The topological polar surface area (TPSA) is 67.2 Å². The predicted molar refractivity (Wildman–Crippen MR) is 113 cm³/mol. The number of nitrogens with one attached hydrogen (secondary N) is 1. The zero-order valence-electron chi connectivity index (χ0n) is 16.3. The van der Waals surface area contributed by atoms with Crippen LogP contribution in [0.25, 0.3) is 10.9 Å². The molecule has 1 N–H and O–H groups in total. The van der Waals surface area contributed by atoms with Crippen LogP contribution in [-0.4, -0.2) is 39.1 Å². The standard InChI is InChI=1S/C22H23ClN4O2/c1-15-19-7-2-3-8-20(19)27(25-15)14-22(29)26(18-9-10-18)13-21(28)24-12-16-5-4-6-17(23)11-16/h2-8,11,18H,9-10,12-14H2,1H3,(H,24,28). The lowest BCUT2D eigenvalue weighted by Crippen LogP contribution is -2.43. The number of amides is 2. The van der Waals surface area contributed by atoms with E-state index in [1.165, 1.54) is 0 Å². The number of para-hydroxylation sites is 1. The largest absolute Gasteiger partial charge is 0.350 e. The maximum absolute atomic E-state index is 13.0. The number of fused-ring (bicyclic) bond motifs is 1. The first-order valence-electron chi connectivity index (χ1n) is 9.74. The molecule has 3 aromatic rings. The van der Waals surface area contributed by atoms with Gasteiger partial charge in [-0.1, -0.05) is 41.9 Å². The summed E-state index contributed by atoms with van der Waals surface area (Å²) in [5.41, 5.74) is 2.75. The molecule has 6 nitrogen and oxygen atoms in total. The Hall–Kier alpha value is -2.86. The van der Waals surface area contributed by atoms with Crippen LogP contribution in [0.2, 0.25) is 5.02 Å². The molecule has 0 saturated heterocycles. The Balaban J connectivity index is 1.40. The van der Waals surface area contributed by atoms with Crippen molar-refractivity contribution in [3.8, 4) is 0 Å². The van der Waals surface area contributed by atoms with Crippen LogP contribution in [0.15, 0.2) is 48.5 Å². The highest BCUT2D eigenvalue weighted by Gasteiger charge is 2.34. The van der Waals surface area contributed by atoms with Gasteiger partial charge in [0, 0.05) is 23.0 Å². The van der Waals surface area contributed by atoms with Crippen molar-refractivity contribution in [2.45, 2.75) is 38.9 Å². The number of aromatic nitrogens is 2. The minimum absolute atomic E-state index is 0.0578. The van der Waals surface area contributed by atoms with Crippen LogP contribution in [0, 0.1) is 6.92 Å². The quantitative estimate of drug-likeness (QED) is 0.649. The minimum Gasteiger partial charge on any atom is -0.350 e. The number of benzene rings is 2. The first-order valence-corrected chi connectivity index (χ1v) is 10.1. The Morgan fingerprint density at radius 2 is 2.00 bits per heavy atom. The van der Waals surface area contributed by atoms with Gasteiger partial charge < -0.3 is 10.2 Å². The Morgan fingerprint density at radius 1 is 1.21 bits per heavy atom. The lowest BCUT2D eigenvalue weighted by atomic mass is 10.2. The summed E-state index contributed by atoms with van der Waals surface area (Å²) in [6.07, 6.45) is 1.87. The minimum atomic E-state index is -0.174. The fourth-order valence-electron chi connectivity index (χ4n) is 3.50. The van der Waals surface area contributed by atoms with Crippen molar-refractivity contribution in [2.75, 3.05) is 6.54 Å². The Bertz CT molecular complexity index is 1060. The average Bonchev–Trinajstić information content (AvgIpc) is 3.50. The van der Waals surface area contributed by atoms with Crippen LogP contribution >= 0.6 is 11.6 Å². The van der Waals surface area contributed by atoms with Crippen LogP contribution < -0.4 is 5.32 Å². The van der Waals surface area contributed by atoms with Crippen molar-refractivity contribution in [2.24, 2.45) is 0 Å². The van der Waals surface area contributed by atoms with Gasteiger partial charge in [-0.05, 0) is 43.5 Å². The second-order valence-electron chi connectivity index (χ2n) is 7.42. The van der Waals surface area contributed by atoms with E-state index >= 15 is 0 Å². The third-order valence-electron chi connectivity index (χ3n) is 5.13. The predicted octanol–water partition coefficient (Wildman–Crippen LogP) is 3.31. The van der Waals surface area contributed by atoms with E-state index in [0.717, 1.165) is 35.0 Å². The molecule has 4 rings (SSSR count). The maximum Gasteiger partial charge on any atom is 0.245 e. The van der Waals surface area contributed by atoms with Gasteiger partial charge in [0.1, 0.15) is 6.54 Å². The molecule has 1 fully saturated rings. The van der Waals surface area contributed by atoms with Crippen molar-refractivity contribution in [3.05, 3.63) is 64.8 Å². The molecule has 0 radical (unpaired) electrons. The summed E-state index contributed by atoms with van der Waals surface area (Å²) in [6, 6.07) is 15.4. The molecule has 29 heavy (non-hydrogen) atoms. The molecule has 1 aliphatic rings. The lowest BCUT2D eigenvalue weighted by Gasteiger charge is -2.22. The van der Waals surface area contributed by atoms with Gasteiger partial charge in [0.15, 0.2) is 0 Å². The fourth-order valence-corrected chi connectivity index (χ4v) is 3.71. The van der Waals surface area contributed by atoms with E-state index in [1.807, 2.05) is 49.4 Å². The molecule has 0 bridgehead atoms. The highest BCUT2D eigenvalue weighted by molar-refractivity contribution is 6.30. The number of hydrogen-bond acceptors (Lipinski definition) is 3. The van der Waals surface area contributed by atoms with Crippen LogP contribution in [-0.2, 0) is 22.7 Å². The number of carbonyl (C=O) groups excluding carboxylic acids is 2. The van der Waals surface area contributed by atoms with E-state index in [0.29, 0.717) is 11.6 Å². The van der Waals surface area contributed by atoms with Crippen molar-refractivity contribution < 1.29 is 9.59 Å². The molecule has 2 amide bonds. The summed E-state index contributed by atoms with van der Waals surface area (Å²) in [5, 5.41) is 9.06. The summed E-state index contributed by atoms with van der Waals surface area (Å²) in [5.74, 6) is -0.259. The number of nitrogens with zero attached hydrogens (tertiary/aromatic N) is 3. The molecule has 1 saturated carbocycles. The first kappa shape index (κ1) is 19.5. The molecule has 7 heteroatoms. The smallest absolute Gasteiger partial charge is 0.245 e. The van der Waals surface area contributed by atoms with Crippen LogP contribution in [0.4, 0.5) is 0 Å². The fraction of sp³-hybridized carbons (Fsp3) is 0.318. The van der Waals surface area contributed by atoms with Crippen molar-refractivity contribution in [3.63, 3.8) is 0 Å². The first-order chi connectivity index (χ1) is 14.0. The summed E-state index contributed by atoms with van der Waals surface area (Å²) in [4.78, 5) is 27.1. The molecule has 150 valence electrons. The number of halogens is 1. The number of rotatable bonds is 7. The third-order valence-corrected chi connectivity index (χ3v) is 5.36. The van der Waals surface area contributed by atoms with Gasteiger partial charge in [0.05, 0.1) is 17.8 Å². The Kier molecular flexibility index (Phi) is 5.53. The molecule has 1 aromatic heterocycles. The maximum atomic E-state index is 13.0. The van der Waals surface area contributed by atoms with Gasteiger partial charge in [-0.25, -0.2) is 0 Å². The van der Waals surface area contributed by atoms with Crippen LogP contribution in [0.3, 0.4) is 0 Å². The molecule has 1 heterocycles. The number of carbonyl (C=O) groups is 2. The summed E-state index contributed by atoms with van der Waals surface area (Å²) in [7, 11) is 0. The van der Waals surface area contributed by atoms with E-state index in [1.54, 1.807) is 15.6 Å². The van der Waals surface area contributed by atoms with E-state index in [-0.39, 0.29) is 30.9 Å². The van der Waals surface area contributed by atoms with Gasteiger partial charge in [-0.2, -0.15) is 5.10 Å². The molecular weight excluding hydrogens is 388 g/mol. The highest BCUT2D eigenvalue weighted by Crippen LogP contribution is 2.27. The SMILES string of the molecule is Cc1nn(CC(=O)N(CC(=O)NCc2cccc(Cl)c2)C2CC2)c2ccccc12. The van der Waals surface area contributed by atoms with Crippen LogP contribution in [0.1, 0.15) is 24.1 Å². The second-order valence-corrected chi connectivity index (χ2v) is 7.86. The number of hydrogen-bond donors (Lipinski definition) is 1. The van der Waals surface area contributed by atoms with Gasteiger partial charge in [-0.3, -0.25) is 14.3 Å². The normalized spacial score (nSPS) is 13.4. The van der Waals surface area contributed by atoms with Gasteiger partial charge in [-0.15, -0.1) is 0 Å². The van der Waals surface area contributed by atoms with Gasteiger partial charge in [0.25, 0.3) is 0 Å². The zero-order valence-corrected chi connectivity index (χ0v) is 17.0. The van der Waals surface area contributed by atoms with Gasteiger partial charge in [0.2, 0.25) is 11.8 Å². The monoisotopic (exact) mass is 410 g/mol. The Morgan fingerprint density at radius 3 is 2.76 bits per heavy atom. The molecule has 1 aliphatic carbocycles. The molecule has 0 atom stereocenters. The molecule has 0 aliphatic heterocycles. The van der Waals surface area contributed by atoms with Gasteiger partial charge >= 0.3 is 0 Å². The zero-order chi connectivity index (χ0) is 20.4. The average molecular weight is 411 g/mol. The molecule has 0 unspecified atom stereocenters. The molecule has 0 spiro atoms. The van der Waals surface area contributed by atoms with E-state index in [9.17, 15) is 9.59 Å². The van der Waals surface area contributed by atoms with E-state index < -0.39 is 0 Å². The van der Waals surface area contributed by atoms with E-state index in [2.05, 4.69) is 10.4 Å². The summed E-state index contributed by atoms with van der Waals surface area (Å²) >= 11 is 5.98. The van der Waals surface area contributed by atoms with Crippen molar-refractivity contribution in [1.29, 1.82) is 0 Å². The lowest BCUT2D eigenvalue weighted by molar-refractivity contribution is -0.137. The van der Waals surface area contributed by atoms with Crippen LogP contribution in [0.5, 0.6) is 0 Å². The second kappa shape index (κ2) is 8.25. The summed E-state index contributed by atoms with van der Waals surface area (Å²) in [6.45, 7) is 2.51.